The number of aromatic nitrogens is 1. The SMILES string of the molecule is COc1ccc(C)nc1NS(=O)(=O)c1cc(C)c(C)s1. The highest BCUT2D eigenvalue weighted by Gasteiger charge is 2.20. The number of sulfonamides is 1. The molecular formula is C13H16N2O3S2. The quantitative estimate of drug-likeness (QED) is 0.942. The molecule has 2 aromatic rings. The van der Waals surface area contributed by atoms with Crippen LogP contribution < -0.4 is 9.46 Å². The van der Waals surface area contributed by atoms with E-state index in [4.69, 9.17) is 4.74 Å². The van der Waals surface area contributed by atoms with Crippen molar-refractivity contribution in [2.45, 2.75) is 25.0 Å². The van der Waals surface area contributed by atoms with E-state index in [1.807, 2.05) is 13.8 Å². The number of anilines is 1. The van der Waals surface area contributed by atoms with Crippen LogP contribution in [0.15, 0.2) is 22.4 Å². The molecule has 0 saturated heterocycles. The molecule has 5 nitrogen and oxygen atoms in total. The van der Waals surface area contributed by atoms with Crippen LogP contribution in [0.2, 0.25) is 0 Å². The molecule has 20 heavy (non-hydrogen) atoms. The van der Waals surface area contributed by atoms with Gasteiger partial charge >= 0.3 is 0 Å². The number of aryl methyl sites for hydroxylation is 3. The second kappa shape index (κ2) is 5.41. The molecule has 0 aliphatic heterocycles. The van der Waals surface area contributed by atoms with Gasteiger partial charge in [-0.05, 0) is 44.5 Å². The minimum absolute atomic E-state index is 0.205. The third-order valence-corrected chi connectivity index (χ3v) is 5.82. The molecule has 0 atom stereocenters. The largest absolute Gasteiger partial charge is 0.493 e. The lowest BCUT2D eigenvalue weighted by Crippen LogP contribution is -2.13. The molecule has 0 aliphatic carbocycles. The minimum atomic E-state index is -3.64. The highest BCUT2D eigenvalue weighted by Crippen LogP contribution is 2.29. The summed E-state index contributed by atoms with van der Waals surface area (Å²) in [6, 6.07) is 5.10. The van der Waals surface area contributed by atoms with Gasteiger partial charge in [-0.15, -0.1) is 11.3 Å². The van der Waals surface area contributed by atoms with Crippen molar-refractivity contribution in [1.82, 2.24) is 4.98 Å². The van der Waals surface area contributed by atoms with Gasteiger partial charge < -0.3 is 4.74 Å². The zero-order chi connectivity index (χ0) is 14.9. The Morgan fingerprint density at radius 3 is 2.50 bits per heavy atom. The average Bonchev–Trinajstić information content (AvgIpc) is 2.70. The van der Waals surface area contributed by atoms with Crippen LogP contribution in [0.5, 0.6) is 5.75 Å². The Labute approximate surface area is 122 Å². The molecule has 0 aliphatic rings. The summed E-state index contributed by atoms with van der Waals surface area (Å²) in [7, 11) is -2.16. The Kier molecular flexibility index (Phi) is 4.01. The topological polar surface area (TPSA) is 68.3 Å². The van der Waals surface area contributed by atoms with Gasteiger partial charge in [0.15, 0.2) is 11.6 Å². The lowest BCUT2D eigenvalue weighted by atomic mass is 10.3. The molecule has 7 heteroatoms. The molecule has 2 rings (SSSR count). The fourth-order valence-electron chi connectivity index (χ4n) is 1.63. The molecule has 0 radical (unpaired) electrons. The van der Waals surface area contributed by atoms with E-state index in [0.29, 0.717) is 11.4 Å². The van der Waals surface area contributed by atoms with Crippen LogP contribution in [0.1, 0.15) is 16.1 Å². The number of thiophene rings is 1. The number of hydrogen-bond acceptors (Lipinski definition) is 5. The lowest BCUT2D eigenvalue weighted by molar-refractivity contribution is 0.415. The second-order valence-corrected chi connectivity index (χ2v) is 7.58. The van der Waals surface area contributed by atoms with Crippen molar-refractivity contribution in [3.63, 3.8) is 0 Å². The fraction of sp³-hybridized carbons (Fsp3) is 0.308. The average molecular weight is 312 g/mol. The van der Waals surface area contributed by atoms with Gasteiger partial charge in [-0.25, -0.2) is 13.4 Å². The molecule has 0 bridgehead atoms. The first-order valence-corrected chi connectivity index (χ1v) is 8.25. The molecule has 2 aromatic heterocycles. The van der Waals surface area contributed by atoms with Gasteiger partial charge in [0.2, 0.25) is 0 Å². The van der Waals surface area contributed by atoms with Gasteiger partial charge in [-0.2, -0.15) is 0 Å². The fourth-order valence-corrected chi connectivity index (χ4v) is 4.16. The van der Waals surface area contributed by atoms with E-state index in [9.17, 15) is 8.42 Å². The maximum Gasteiger partial charge on any atom is 0.272 e. The Morgan fingerprint density at radius 1 is 1.25 bits per heavy atom. The number of ether oxygens (including phenoxy) is 1. The van der Waals surface area contributed by atoms with Crippen LogP contribution in [0.3, 0.4) is 0 Å². The standard InChI is InChI=1S/C13H16N2O3S2/c1-8-7-12(19-10(8)3)20(16,17)15-13-11(18-4)6-5-9(2)14-13/h5-7H,1-4H3,(H,14,15). The molecule has 0 fully saturated rings. The van der Waals surface area contributed by atoms with Gasteiger partial charge in [-0.3, -0.25) is 4.72 Å². The lowest BCUT2D eigenvalue weighted by Gasteiger charge is -2.10. The predicted octanol–water partition coefficient (Wildman–Crippen LogP) is 2.88. The predicted molar refractivity (Wildman–Crippen MR) is 80.1 cm³/mol. The minimum Gasteiger partial charge on any atom is -0.493 e. The number of hydrogen-bond donors (Lipinski definition) is 1. The number of methoxy groups -OCH3 is 1. The number of rotatable bonds is 4. The van der Waals surface area contributed by atoms with Crippen molar-refractivity contribution in [1.29, 1.82) is 0 Å². The zero-order valence-corrected chi connectivity index (χ0v) is 13.4. The third kappa shape index (κ3) is 2.94. The van der Waals surface area contributed by atoms with Gasteiger partial charge in [-0.1, -0.05) is 0 Å². The molecule has 1 N–H and O–H groups in total. The first-order valence-electron chi connectivity index (χ1n) is 5.95. The van der Waals surface area contributed by atoms with Crippen LogP contribution >= 0.6 is 11.3 Å². The highest BCUT2D eigenvalue weighted by molar-refractivity contribution is 7.94. The van der Waals surface area contributed by atoms with E-state index in [-0.39, 0.29) is 10.0 Å². The maximum atomic E-state index is 12.4. The normalized spacial score (nSPS) is 11.4. The first kappa shape index (κ1) is 14.8. The third-order valence-electron chi connectivity index (χ3n) is 2.86. The summed E-state index contributed by atoms with van der Waals surface area (Å²) in [5.41, 5.74) is 1.67. The molecule has 0 saturated carbocycles. The number of nitrogens with zero attached hydrogens (tertiary/aromatic N) is 1. The smallest absolute Gasteiger partial charge is 0.272 e. The molecule has 0 amide bonds. The number of nitrogens with one attached hydrogen (secondary N) is 1. The van der Waals surface area contributed by atoms with Crippen molar-refractivity contribution in [2.75, 3.05) is 11.8 Å². The summed E-state index contributed by atoms with van der Waals surface area (Å²) in [6.45, 7) is 5.57. The molecule has 0 unspecified atom stereocenters. The molecule has 0 aromatic carbocycles. The maximum absolute atomic E-state index is 12.4. The Hall–Kier alpha value is -1.60. The summed E-state index contributed by atoms with van der Waals surface area (Å²) < 4.78 is 32.6. The highest BCUT2D eigenvalue weighted by atomic mass is 32.2. The van der Waals surface area contributed by atoms with Gasteiger partial charge in [0.05, 0.1) is 7.11 Å². The van der Waals surface area contributed by atoms with Gasteiger partial charge in [0, 0.05) is 10.6 Å². The Morgan fingerprint density at radius 2 is 1.95 bits per heavy atom. The summed E-state index contributed by atoms with van der Waals surface area (Å²) in [6.07, 6.45) is 0. The molecular weight excluding hydrogens is 296 g/mol. The molecule has 0 spiro atoms. The van der Waals surface area contributed by atoms with Crippen LogP contribution in [0, 0.1) is 20.8 Å². The Balaban J connectivity index is 2.40. The monoisotopic (exact) mass is 312 g/mol. The van der Waals surface area contributed by atoms with Crippen LogP contribution in [0.25, 0.3) is 0 Å². The van der Waals surface area contributed by atoms with Crippen molar-refractivity contribution < 1.29 is 13.2 Å². The van der Waals surface area contributed by atoms with Crippen LogP contribution in [-0.4, -0.2) is 20.5 Å². The first-order chi connectivity index (χ1) is 9.33. The summed E-state index contributed by atoms with van der Waals surface area (Å²) in [5.74, 6) is 0.598. The van der Waals surface area contributed by atoms with Crippen molar-refractivity contribution in [2.24, 2.45) is 0 Å². The van der Waals surface area contributed by atoms with Crippen molar-refractivity contribution in [3.05, 3.63) is 34.3 Å². The zero-order valence-electron chi connectivity index (χ0n) is 11.7. The van der Waals surface area contributed by atoms with E-state index in [1.54, 1.807) is 25.1 Å². The summed E-state index contributed by atoms with van der Waals surface area (Å²) in [4.78, 5) is 5.15. The van der Waals surface area contributed by atoms with Crippen molar-refractivity contribution >= 4 is 27.2 Å². The van der Waals surface area contributed by atoms with E-state index in [0.717, 1.165) is 10.4 Å². The van der Waals surface area contributed by atoms with Crippen molar-refractivity contribution in [3.8, 4) is 5.75 Å². The van der Waals surface area contributed by atoms with E-state index >= 15 is 0 Å². The van der Waals surface area contributed by atoms with E-state index in [2.05, 4.69) is 9.71 Å². The Bertz CT molecular complexity index is 717. The molecule has 2 heterocycles. The second-order valence-electron chi connectivity index (χ2n) is 4.41. The van der Waals surface area contributed by atoms with Gasteiger partial charge in [0.1, 0.15) is 4.21 Å². The number of pyridine rings is 1. The summed E-state index contributed by atoms with van der Waals surface area (Å²) in [5, 5.41) is 0. The van der Waals surface area contributed by atoms with E-state index < -0.39 is 10.0 Å². The van der Waals surface area contributed by atoms with Crippen LogP contribution in [-0.2, 0) is 10.0 Å². The van der Waals surface area contributed by atoms with Gasteiger partial charge in [0.25, 0.3) is 10.0 Å². The van der Waals surface area contributed by atoms with Crippen LogP contribution in [0.4, 0.5) is 5.82 Å². The molecule has 108 valence electrons. The summed E-state index contributed by atoms with van der Waals surface area (Å²) >= 11 is 1.24. The van der Waals surface area contributed by atoms with E-state index in [1.165, 1.54) is 18.4 Å².